The average molecular weight is 321 g/mol. The molecule has 9 heteroatoms. The van der Waals surface area contributed by atoms with Gasteiger partial charge in [-0.25, -0.2) is 0 Å². The van der Waals surface area contributed by atoms with Crippen molar-refractivity contribution in [3.05, 3.63) is 33.9 Å². The molecule has 22 heavy (non-hydrogen) atoms. The Labute approximate surface area is 125 Å². The first-order valence-corrected chi connectivity index (χ1v) is 6.72. The third kappa shape index (κ3) is 5.15. The van der Waals surface area contributed by atoms with Crippen LogP contribution in [0, 0.1) is 10.1 Å². The monoisotopic (exact) mass is 321 g/mol. The first-order chi connectivity index (χ1) is 10.3. The number of nitro benzene ring substituents is 1. The summed E-state index contributed by atoms with van der Waals surface area (Å²) >= 11 is 0. The lowest BCUT2D eigenvalue weighted by Gasteiger charge is -2.29. The minimum Gasteiger partial charge on any atom is -0.397 e. The number of hydrogen-bond donors (Lipinski definition) is 2. The highest BCUT2D eigenvalue weighted by Gasteiger charge is 2.33. The number of halogens is 3. The van der Waals surface area contributed by atoms with Crippen LogP contribution < -0.4 is 10.2 Å². The molecule has 1 fully saturated rings. The number of nitro groups is 1. The SMILES string of the molecule is CCO.O=[N+]([O-])c1cc(N2CCNCC2)cc(C(F)(F)F)c1. The van der Waals surface area contributed by atoms with E-state index in [0.29, 0.717) is 32.2 Å². The topological polar surface area (TPSA) is 78.6 Å². The molecule has 0 atom stereocenters. The Balaban J connectivity index is 0.000000745. The van der Waals surface area contributed by atoms with Crippen molar-refractivity contribution in [1.82, 2.24) is 5.32 Å². The summed E-state index contributed by atoms with van der Waals surface area (Å²) in [5, 5.41) is 21.4. The van der Waals surface area contributed by atoms with Gasteiger partial charge >= 0.3 is 6.18 Å². The van der Waals surface area contributed by atoms with Crippen molar-refractivity contribution in [2.45, 2.75) is 13.1 Å². The van der Waals surface area contributed by atoms with Crippen molar-refractivity contribution >= 4 is 11.4 Å². The van der Waals surface area contributed by atoms with Crippen LogP contribution in [0.4, 0.5) is 24.5 Å². The number of hydrogen-bond acceptors (Lipinski definition) is 5. The minimum absolute atomic E-state index is 0.239. The van der Waals surface area contributed by atoms with E-state index in [1.54, 1.807) is 11.8 Å². The first-order valence-electron chi connectivity index (χ1n) is 6.72. The van der Waals surface area contributed by atoms with Gasteiger partial charge < -0.3 is 15.3 Å². The molecule has 1 aliphatic heterocycles. The van der Waals surface area contributed by atoms with Crippen molar-refractivity contribution in [3.63, 3.8) is 0 Å². The van der Waals surface area contributed by atoms with Gasteiger partial charge in [-0.15, -0.1) is 0 Å². The van der Waals surface area contributed by atoms with Crippen LogP contribution in [-0.2, 0) is 6.18 Å². The predicted octanol–water partition coefficient (Wildman–Crippen LogP) is 2.02. The largest absolute Gasteiger partial charge is 0.416 e. The summed E-state index contributed by atoms with van der Waals surface area (Å²) in [5.74, 6) is 0. The highest BCUT2D eigenvalue weighted by Crippen LogP contribution is 2.35. The van der Waals surface area contributed by atoms with Crippen molar-refractivity contribution in [2.24, 2.45) is 0 Å². The Bertz CT molecular complexity index is 503. The fourth-order valence-corrected chi connectivity index (χ4v) is 1.97. The summed E-state index contributed by atoms with van der Waals surface area (Å²) in [5.41, 5.74) is -1.29. The number of benzene rings is 1. The summed E-state index contributed by atoms with van der Waals surface area (Å²) in [7, 11) is 0. The van der Waals surface area contributed by atoms with Gasteiger partial charge in [0.15, 0.2) is 0 Å². The molecule has 6 nitrogen and oxygen atoms in total. The third-order valence-electron chi connectivity index (χ3n) is 2.92. The molecule has 0 amide bonds. The van der Waals surface area contributed by atoms with E-state index in [2.05, 4.69) is 5.32 Å². The zero-order chi connectivity index (χ0) is 16.8. The second-order valence-electron chi connectivity index (χ2n) is 4.55. The van der Waals surface area contributed by atoms with Crippen molar-refractivity contribution < 1.29 is 23.2 Å². The van der Waals surface area contributed by atoms with Crippen LogP contribution in [0.1, 0.15) is 12.5 Å². The number of non-ortho nitro benzene ring substituents is 1. The maximum absolute atomic E-state index is 12.7. The summed E-state index contributed by atoms with van der Waals surface area (Å²) in [6.07, 6.45) is -4.59. The summed E-state index contributed by atoms with van der Waals surface area (Å²) < 4.78 is 38.2. The van der Waals surface area contributed by atoms with Gasteiger partial charge in [-0.1, -0.05) is 0 Å². The summed E-state index contributed by atoms with van der Waals surface area (Å²) in [6, 6.07) is 2.70. The number of nitrogens with zero attached hydrogens (tertiary/aromatic N) is 2. The standard InChI is InChI=1S/C11H12F3N3O2.C2H6O/c12-11(13,14)8-5-9(7-10(6-8)17(18)19)16-3-1-15-2-4-16;1-2-3/h5-7,15H,1-4H2;3H,2H2,1H3. The molecule has 0 spiro atoms. The average Bonchev–Trinajstić information content (AvgIpc) is 2.47. The number of nitrogens with one attached hydrogen (secondary N) is 1. The fourth-order valence-electron chi connectivity index (χ4n) is 1.97. The third-order valence-corrected chi connectivity index (χ3v) is 2.92. The van der Waals surface area contributed by atoms with Crippen molar-refractivity contribution in [1.29, 1.82) is 0 Å². The quantitative estimate of drug-likeness (QED) is 0.643. The van der Waals surface area contributed by atoms with E-state index in [9.17, 15) is 23.3 Å². The van der Waals surface area contributed by atoms with Gasteiger partial charge in [0, 0.05) is 50.6 Å². The molecule has 2 N–H and O–H groups in total. The lowest BCUT2D eigenvalue weighted by molar-refractivity contribution is -0.385. The van der Waals surface area contributed by atoms with Gasteiger partial charge in [-0.05, 0) is 13.0 Å². The highest BCUT2D eigenvalue weighted by molar-refractivity contribution is 5.56. The van der Waals surface area contributed by atoms with E-state index in [1.165, 1.54) is 6.07 Å². The number of aliphatic hydroxyl groups is 1. The molecule has 0 aliphatic carbocycles. The molecule has 124 valence electrons. The number of rotatable bonds is 2. The molecule has 2 rings (SSSR count). The smallest absolute Gasteiger partial charge is 0.397 e. The lowest BCUT2D eigenvalue weighted by Crippen LogP contribution is -2.43. The van der Waals surface area contributed by atoms with E-state index < -0.39 is 22.4 Å². The van der Waals surface area contributed by atoms with Gasteiger partial charge in [0.1, 0.15) is 0 Å². The van der Waals surface area contributed by atoms with E-state index in [4.69, 9.17) is 5.11 Å². The molecular formula is C13H18F3N3O3. The maximum atomic E-state index is 12.7. The Hall–Kier alpha value is -1.87. The zero-order valence-corrected chi connectivity index (χ0v) is 12.1. The summed E-state index contributed by atoms with van der Waals surface area (Å²) in [4.78, 5) is 11.6. The van der Waals surface area contributed by atoms with Crippen LogP contribution in [0.5, 0.6) is 0 Å². The fraction of sp³-hybridized carbons (Fsp3) is 0.538. The van der Waals surface area contributed by atoms with E-state index >= 15 is 0 Å². The number of alkyl halides is 3. The number of aliphatic hydroxyl groups excluding tert-OH is 1. The predicted molar refractivity (Wildman–Crippen MR) is 75.9 cm³/mol. The van der Waals surface area contributed by atoms with Crippen LogP contribution in [-0.4, -0.2) is 42.8 Å². The van der Waals surface area contributed by atoms with Gasteiger partial charge in [0.05, 0.1) is 10.5 Å². The Morgan fingerprint density at radius 2 is 1.86 bits per heavy atom. The molecule has 0 aromatic heterocycles. The normalized spacial score (nSPS) is 15.0. The molecular weight excluding hydrogens is 303 g/mol. The van der Waals surface area contributed by atoms with Crippen LogP contribution in [0.3, 0.4) is 0 Å². The highest BCUT2D eigenvalue weighted by atomic mass is 19.4. The van der Waals surface area contributed by atoms with Crippen molar-refractivity contribution in [2.75, 3.05) is 37.7 Å². The molecule has 0 saturated carbocycles. The number of anilines is 1. The Kier molecular flexibility index (Phi) is 6.57. The molecule has 0 unspecified atom stereocenters. The Morgan fingerprint density at radius 3 is 2.32 bits per heavy atom. The second kappa shape index (κ2) is 7.95. The van der Waals surface area contributed by atoms with E-state index in [-0.39, 0.29) is 12.3 Å². The molecule has 1 saturated heterocycles. The minimum atomic E-state index is -4.59. The molecule has 1 aromatic carbocycles. The summed E-state index contributed by atoms with van der Waals surface area (Å²) in [6.45, 7) is 4.27. The van der Waals surface area contributed by atoms with Gasteiger partial charge in [-0.2, -0.15) is 13.2 Å². The molecule has 0 radical (unpaired) electrons. The van der Waals surface area contributed by atoms with Crippen LogP contribution in [0.15, 0.2) is 18.2 Å². The van der Waals surface area contributed by atoms with Gasteiger partial charge in [-0.3, -0.25) is 10.1 Å². The van der Waals surface area contributed by atoms with Crippen LogP contribution in [0.2, 0.25) is 0 Å². The molecule has 1 aliphatic rings. The molecule has 0 bridgehead atoms. The lowest BCUT2D eigenvalue weighted by atomic mass is 10.1. The Morgan fingerprint density at radius 1 is 1.32 bits per heavy atom. The van der Waals surface area contributed by atoms with Gasteiger partial charge in [0.25, 0.3) is 5.69 Å². The first kappa shape index (κ1) is 18.2. The van der Waals surface area contributed by atoms with E-state index in [0.717, 1.165) is 6.07 Å². The van der Waals surface area contributed by atoms with Gasteiger partial charge in [0.2, 0.25) is 0 Å². The van der Waals surface area contributed by atoms with Crippen LogP contribution in [0.25, 0.3) is 0 Å². The zero-order valence-electron chi connectivity index (χ0n) is 12.1. The molecule has 1 heterocycles. The molecule has 1 aromatic rings. The maximum Gasteiger partial charge on any atom is 0.416 e. The second-order valence-corrected chi connectivity index (χ2v) is 4.55. The van der Waals surface area contributed by atoms with Crippen LogP contribution >= 0.6 is 0 Å². The van der Waals surface area contributed by atoms with E-state index in [1.807, 2.05) is 0 Å². The van der Waals surface area contributed by atoms with Crippen molar-refractivity contribution in [3.8, 4) is 0 Å². The number of piperazine rings is 1.